The third kappa shape index (κ3) is 4.39. The lowest BCUT2D eigenvalue weighted by molar-refractivity contribution is -0.120. The summed E-state index contributed by atoms with van der Waals surface area (Å²) < 4.78 is 2.03. The monoisotopic (exact) mass is 363 g/mol. The van der Waals surface area contributed by atoms with Crippen LogP contribution in [0.2, 0.25) is 0 Å². The van der Waals surface area contributed by atoms with E-state index in [9.17, 15) is 4.79 Å². The average molecular weight is 364 g/mol. The van der Waals surface area contributed by atoms with Gasteiger partial charge in [-0.05, 0) is 19.1 Å². The predicted molar refractivity (Wildman–Crippen MR) is 102 cm³/mol. The lowest BCUT2D eigenvalue weighted by Crippen LogP contribution is -2.50. The van der Waals surface area contributed by atoms with Gasteiger partial charge in [0.05, 0.1) is 12.6 Å². The number of para-hydroxylation sites is 1. The maximum Gasteiger partial charge on any atom is 0.241 e. The van der Waals surface area contributed by atoms with Gasteiger partial charge in [-0.25, -0.2) is 4.98 Å². The first-order valence-electron chi connectivity index (χ1n) is 8.48. The van der Waals surface area contributed by atoms with Crippen LogP contribution in [-0.2, 0) is 11.8 Å². The molecule has 0 saturated carbocycles. The highest BCUT2D eigenvalue weighted by Gasteiger charge is 2.29. The van der Waals surface area contributed by atoms with Gasteiger partial charge in [0.1, 0.15) is 5.82 Å². The number of carbonyl (C=O) groups excluding carboxylic acids is 1. The van der Waals surface area contributed by atoms with E-state index in [1.54, 1.807) is 0 Å². The van der Waals surface area contributed by atoms with E-state index in [0.717, 1.165) is 31.1 Å². The number of aryl methyl sites for hydroxylation is 1. The lowest BCUT2D eigenvalue weighted by atomic mass is 10.1. The van der Waals surface area contributed by atoms with E-state index in [4.69, 9.17) is 0 Å². The quantitative estimate of drug-likeness (QED) is 0.880. The van der Waals surface area contributed by atoms with Crippen LogP contribution in [0.4, 0.5) is 5.69 Å². The number of amides is 1. The summed E-state index contributed by atoms with van der Waals surface area (Å²) in [6.07, 6.45) is 3.76. The number of rotatable bonds is 5. The second-order valence-electron chi connectivity index (χ2n) is 6.06. The van der Waals surface area contributed by atoms with Gasteiger partial charge in [-0.15, -0.1) is 12.4 Å². The van der Waals surface area contributed by atoms with E-state index < -0.39 is 0 Å². The van der Waals surface area contributed by atoms with Crippen LogP contribution in [0.3, 0.4) is 0 Å². The molecule has 0 radical (unpaired) electrons. The van der Waals surface area contributed by atoms with Gasteiger partial charge in [0, 0.05) is 51.3 Å². The second kappa shape index (κ2) is 8.99. The Morgan fingerprint density at radius 1 is 1.36 bits per heavy atom. The topological polar surface area (TPSA) is 53.4 Å². The smallest absolute Gasteiger partial charge is 0.241 e. The van der Waals surface area contributed by atoms with Gasteiger partial charge in [-0.3, -0.25) is 9.69 Å². The molecule has 136 valence electrons. The summed E-state index contributed by atoms with van der Waals surface area (Å²) in [5.74, 6) is 1.13. The van der Waals surface area contributed by atoms with Crippen molar-refractivity contribution < 1.29 is 4.79 Å². The van der Waals surface area contributed by atoms with Crippen molar-refractivity contribution >= 4 is 24.0 Å². The van der Waals surface area contributed by atoms with Gasteiger partial charge in [0.25, 0.3) is 0 Å². The molecular weight excluding hydrogens is 338 g/mol. The maximum atomic E-state index is 12.9. The van der Waals surface area contributed by atoms with E-state index in [2.05, 4.69) is 15.2 Å². The summed E-state index contributed by atoms with van der Waals surface area (Å²) >= 11 is 0. The zero-order chi connectivity index (χ0) is 16.9. The van der Waals surface area contributed by atoms with Crippen molar-refractivity contribution in [2.45, 2.75) is 13.0 Å². The molecule has 3 rings (SSSR count). The molecule has 0 spiro atoms. The summed E-state index contributed by atoms with van der Waals surface area (Å²) in [5, 5.41) is 3.41. The van der Waals surface area contributed by atoms with Crippen molar-refractivity contribution in [1.29, 1.82) is 0 Å². The minimum absolute atomic E-state index is 0. The Labute approximate surface area is 155 Å². The van der Waals surface area contributed by atoms with Gasteiger partial charge < -0.3 is 14.8 Å². The summed E-state index contributed by atoms with van der Waals surface area (Å²) in [5.41, 5.74) is 0.952. The van der Waals surface area contributed by atoms with Gasteiger partial charge >= 0.3 is 0 Å². The maximum absolute atomic E-state index is 12.9. The molecule has 25 heavy (non-hydrogen) atoms. The molecular formula is C18H26ClN5O. The van der Waals surface area contributed by atoms with Crippen LogP contribution in [-0.4, -0.2) is 53.1 Å². The molecule has 2 aromatic rings. The van der Waals surface area contributed by atoms with Gasteiger partial charge in [-0.2, -0.15) is 0 Å². The third-order valence-electron chi connectivity index (χ3n) is 4.53. The lowest BCUT2D eigenvalue weighted by Gasteiger charge is -2.36. The van der Waals surface area contributed by atoms with E-state index in [-0.39, 0.29) is 24.4 Å². The zero-order valence-electron chi connectivity index (χ0n) is 14.8. The molecule has 0 bridgehead atoms. The first-order valence-corrected chi connectivity index (χ1v) is 8.48. The molecule has 6 nitrogen and oxygen atoms in total. The molecule has 1 saturated heterocycles. The molecule has 1 amide bonds. The molecule has 0 aliphatic carbocycles. The Hall–Kier alpha value is -1.89. The van der Waals surface area contributed by atoms with Crippen molar-refractivity contribution in [3.8, 4) is 0 Å². The Bertz CT molecular complexity index is 675. The molecule has 1 aromatic carbocycles. The molecule has 1 aliphatic rings. The summed E-state index contributed by atoms with van der Waals surface area (Å²) in [6, 6.07) is 9.98. The van der Waals surface area contributed by atoms with Crippen molar-refractivity contribution in [1.82, 2.24) is 19.8 Å². The fourth-order valence-corrected chi connectivity index (χ4v) is 3.26. The number of likely N-dealkylation sites (N-methyl/N-ethyl adjacent to an activating group) is 1. The molecule has 7 heteroatoms. The number of hydrogen-bond acceptors (Lipinski definition) is 4. The molecule has 1 aromatic heterocycles. The van der Waals surface area contributed by atoms with Crippen LogP contribution in [0.25, 0.3) is 0 Å². The van der Waals surface area contributed by atoms with Gasteiger partial charge in [0.15, 0.2) is 0 Å². The normalized spacial score (nSPS) is 17.8. The number of halogens is 1. The van der Waals surface area contributed by atoms with Crippen LogP contribution in [0.15, 0.2) is 42.7 Å². The highest BCUT2D eigenvalue weighted by Crippen LogP contribution is 2.21. The SMILES string of the molecule is CCN(C(=O)CN1CCNCC1c1nccn1C)c1ccccc1.Cl. The molecule has 1 fully saturated rings. The van der Waals surface area contributed by atoms with Crippen molar-refractivity contribution in [2.75, 3.05) is 37.6 Å². The number of benzene rings is 1. The first-order chi connectivity index (χ1) is 11.7. The number of piperazine rings is 1. The standard InChI is InChI=1S/C18H25N5O.ClH/c1-3-23(15-7-5-4-6-8-15)17(24)14-22-12-9-19-13-16(22)18-20-10-11-21(18)2;/h4-8,10-11,16,19H,3,9,12-14H2,1-2H3;1H. The fraction of sp³-hybridized carbons (Fsp3) is 0.444. The Kier molecular flexibility index (Phi) is 6.99. The summed E-state index contributed by atoms with van der Waals surface area (Å²) in [6.45, 7) is 5.64. The van der Waals surface area contributed by atoms with Crippen LogP contribution in [0.5, 0.6) is 0 Å². The number of hydrogen-bond donors (Lipinski definition) is 1. The fourth-order valence-electron chi connectivity index (χ4n) is 3.26. The van der Waals surface area contributed by atoms with E-state index in [1.807, 2.05) is 66.2 Å². The third-order valence-corrected chi connectivity index (χ3v) is 4.53. The van der Waals surface area contributed by atoms with Crippen molar-refractivity contribution in [2.24, 2.45) is 7.05 Å². The summed E-state index contributed by atoms with van der Waals surface area (Å²) in [7, 11) is 2.00. The number of carbonyl (C=O) groups is 1. The molecule has 1 unspecified atom stereocenters. The molecule has 1 N–H and O–H groups in total. The molecule has 1 atom stereocenters. The molecule has 1 aliphatic heterocycles. The van der Waals surface area contributed by atoms with Crippen LogP contribution in [0, 0.1) is 0 Å². The minimum Gasteiger partial charge on any atom is -0.337 e. The Morgan fingerprint density at radius 3 is 2.76 bits per heavy atom. The second-order valence-corrected chi connectivity index (χ2v) is 6.06. The number of nitrogens with one attached hydrogen (secondary N) is 1. The van der Waals surface area contributed by atoms with Crippen LogP contribution >= 0.6 is 12.4 Å². The number of nitrogens with zero attached hydrogens (tertiary/aromatic N) is 4. The highest BCUT2D eigenvalue weighted by molar-refractivity contribution is 5.94. The Morgan fingerprint density at radius 2 is 2.12 bits per heavy atom. The largest absolute Gasteiger partial charge is 0.337 e. The zero-order valence-corrected chi connectivity index (χ0v) is 15.6. The van der Waals surface area contributed by atoms with Crippen LogP contribution in [0.1, 0.15) is 18.8 Å². The predicted octanol–water partition coefficient (Wildman–Crippen LogP) is 1.84. The van der Waals surface area contributed by atoms with Crippen molar-refractivity contribution in [3.05, 3.63) is 48.5 Å². The number of aromatic nitrogens is 2. The minimum atomic E-state index is 0. The summed E-state index contributed by atoms with van der Waals surface area (Å²) in [4.78, 5) is 21.4. The van der Waals surface area contributed by atoms with E-state index in [0.29, 0.717) is 13.1 Å². The number of imidazole rings is 1. The van der Waals surface area contributed by atoms with Crippen LogP contribution < -0.4 is 10.2 Å². The van der Waals surface area contributed by atoms with Crippen molar-refractivity contribution in [3.63, 3.8) is 0 Å². The molecule has 2 heterocycles. The van der Waals surface area contributed by atoms with Gasteiger partial charge in [-0.1, -0.05) is 18.2 Å². The number of anilines is 1. The average Bonchev–Trinajstić information content (AvgIpc) is 3.03. The van der Waals surface area contributed by atoms with E-state index in [1.165, 1.54) is 0 Å². The Balaban J connectivity index is 0.00000225. The highest BCUT2D eigenvalue weighted by atomic mass is 35.5. The van der Waals surface area contributed by atoms with E-state index >= 15 is 0 Å². The first kappa shape index (κ1) is 19.4. The van der Waals surface area contributed by atoms with Gasteiger partial charge in [0.2, 0.25) is 5.91 Å².